The number of carbonyl (C=O) groups is 1. The third-order valence-electron chi connectivity index (χ3n) is 5.25. The molecule has 25 heavy (non-hydrogen) atoms. The summed E-state index contributed by atoms with van der Waals surface area (Å²) in [5, 5.41) is 9.12. The molecular weight excluding hydrogens is 312 g/mol. The second-order valence-electron chi connectivity index (χ2n) is 7.39. The minimum Gasteiger partial charge on any atom is -0.490 e. The zero-order valence-electron chi connectivity index (χ0n) is 15.0. The van der Waals surface area contributed by atoms with Gasteiger partial charge in [-0.05, 0) is 73.6 Å². The Labute approximate surface area is 150 Å². The van der Waals surface area contributed by atoms with Gasteiger partial charge < -0.3 is 9.84 Å². The van der Waals surface area contributed by atoms with Gasteiger partial charge in [-0.1, -0.05) is 37.3 Å². The van der Waals surface area contributed by atoms with Crippen LogP contribution in [0.2, 0.25) is 0 Å². The molecule has 0 heterocycles. The maximum atomic E-state index is 11.1. The summed E-state index contributed by atoms with van der Waals surface area (Å²) >= 11 is 0. The normalized spacial score (nSPS) is 28.8. The molecule has 1 aromatic carbocycles. The van der Waals surface area contributed by atoms with Crippen LogP contribution in [0.25, 0.3) is 0 Å². The first-order chi connectivity index (χ1) is 12.1. The molecule has 0 saturated carbocycles. The zero-order valence-corrected chi connectivity index (χ0v) is 15.0. The lowest BCUT2D eigenvalue weighted by molar-refractivity contribution is -0.137. The molecule has 3 nitrogen and oxygen atoms in total. The molecule has 3 heteroatoms. The van der Waals surface area contributed by atoms with Gasteiger partial charge in [-0.3, -0.25) is 4.79 Å². The summed E-state index contributed by atoms with van der Waals surface area (Å²) < 4.78 is 6.32. The van der Waals surface area contributed by atoms with Crippen molar-refractivity contribution in [2.75, 3.05) is 0 Å². The average Bonchev–Trinajstić information content (AvgIpc) is 2.66. The van der Waals surface area contributed by atoms with Crippen molar-refractivity contribution in [3.05, 3.63) is 53.6 Å². The van der Waals surface area contributed by atoms with Gasteiger partial charge in [0.15, 0.2) is 0 Å². The van der Waals surface area contributed by atoms with Crippen molar-refractivity contribution in [1.29, 1.82) is 0 Å². The van der Waals surface area contributed by atoms with Crippen LogP contribution in [0.3, 0.4) is 0 Å². The van der Waals surface area contributed by atoms with Crippen LogP contribution in [-0.4, -0.2) is 17.2 Å². The van der Waals surface area contributed by atoms with E-state index in [-0.39, 0.29) is 18.4 Å². The van der Waals surface area contributed by atoms with Gasteiger partial charge in [-0.15, -0.1) is 0 Å². The molecular formula is C22H28O3. The first-order valence-corrected chi connectivity index (χ1v) is 9.46. The number of benzene rings is 1. The van der Waals surface area contributed by atoms with E-state index in [2.05, 4.69) is 43.4 Å². The molecule has 134 valence electrons. The summed E-state index contributed by atoms with van der Waals surface area (Å²) in [7, 11) is 0. The van der Waals surface area contributed by atoms with Crippen molar-refractivity contribution in [3.63, 3.8) is 0 Å². The molecule has 0 aromatic heterocycles. The maximum absolute atomic E-state index is 11.1. The molecule has 0 spiro atoms. The van der Waals surface area contributed by atoms with Crippen LogP contribution >= 0.6 is 0 Å². The Balaban J connectivity index is 1.72. The van der Waals surface area contributed by atoms with E-state index in [9.17, 15) is 4.79 Å². The molecule has 0 fully saturated rings. The predicted octanol–water partition coefficient (Wildman–Crippen LogP) is 5.26. The van der Waals surface area contributed by atoms with Gasteiger partial charge in [-0.25, -0.2) is 0 Å². The molecule has 3 atom stereocenters. The quantitative estimate of drug-likeness (QED) is 0.813. The monoisotopic (exact) mass is 340 g/mol. The highest BCUT2D eigenvalue weighted by atomic mass is 16.5. The van der Waals surface area contributed by atoms with Gasteiger partial charge in [0.1, 0.15) is 5.75 Å². The minimum absolute atomic E-state index is 0.149. The Morgan fingerprint density at radius 3 is 3.00 bits per heavy atom. The van der Waals surface area contributed by atoms with Crippen LogP contribution in [0.4, 0.5) is 0 Å². The number of hydrogen-bond donors (Lipinski definition) is 1. The molecule has 1 aromatic rings. The highest BCUT2D eigenvalue weighted by Gasteiger charge is 2.23. The Morgan fingerprint density at radius 1 is 1.28 bits per heavy atom. The first-order valence-electron chi connectivity index (χ1n) is 9.46. The minimum atomic E-state index is -0.709. The smallest absolute Gasteiger partial charge is 0.303 e. The van der Waals surface area contributed by atoms with E-state index in [4.69, 9.17) is 9.84 Å². The summed E-state index contributed by atoms with van der Waals surface area (Å²) in [6.07, 6.45) is 15.3. The lowest BCUT2D eigenvalue weighted by atomic mass is 9.81. The highest BCUT2D eigenvalue weighted by molar-refractivity contribution is 5.68. The topological polar surface area (TPSA) is 46.5 Å². The SMILES string of the molecule is CC1/C=C\C=C/CCC(Oc2ccc3c(c2)CCCC3CC(=O)O)C1. The molecule has 0 saturated heterocycles. The van der Waals surface area contributed by atoms with Crippen LogP contribution < -0.4 is 4.74 Å². The number of allylic oxidation sites excluding steroid dienone is 4. The van der Waals surface area contributed by atoms with Crippen molar-refractivity contribution in [2.24, 2.45) is 5.92 Å². The van der Waals surface area contributed by atoms with Gasteiger partial charge in [0.2, 0.25) is 0 Å². The molecule has 0 aliphatic heterocycles. The van der Waals surface area contributed by atoms with Gasteiger partial charge >= 0.3 is 5.97 Å². The molecule has 2 aliphatic carbocycles. The molecule has 2 aliphatic rings. The standard InChI is InChI=1S/C22H28O3/c1-16-7-4-2-3-5-10-19(13-16)25-20-11-12-21-17(14-20)8-6-9-18(21)15-22(23)24/h2-4,7,11-12,14,16,18-19H,5-6,8-10,13,15H2,1H3,(H,23,24)/b3-2-,7-4-. The van der Waals surface area contributed by atoms with Crippen molar-refractivity contribution in [1.82, 2.24) is 0 Å². The van der Waals surface area contributed by atoms with Crippen LogP contribution in [0.15, 0.2) is 42.5 Å². The molecule has 0 bridgehead atoms. The van der Waals surface area contributed by atoms with E-state index in [0.29, 0.717) is 5.92 Å². The fourth-order valence-electron chi connectivity index (χ4n) is 4.01. The number of rotatable bonds is 4. The van der Waals surface area contributed by atoms with E-state index in [0.717, 1.165) is 44.3 Å². The number of ether oxygens (including phenoxy) is 1. The van der Waals surface area contributed by atoms with Gasteiger partial charge in [0.25, 0.3) is 0 Å². The van der Waals surface area contributed by atoms with E-state index in [1.54, 1.807) is 0 Å². The number of aliphatic carboxylic acids is 1. The Morgan fingerprint density at radius 2 is 2.16 bits per heavy atom. The van der Waals surface area contributed by atoms with E-state index in [1.165, 1.54) is 11.1 Å². The summed E-state index contributed by atoms with van der Waals surface area (Å²) in [6, 6.07) is 6.27. The highest BCUT2D eigenvalue weighted by Crippen LogP contribution is 2.36. The van der Waals surface area contributed by atoms with E-state index < -0.39 is 5.97 Å². The first kappa shape index (κ1) is 17.8. The van der Waals surface area contributed by atoms with Crippen LogP contribution in [0, 0.1) is 5.92 Å². The average molecular weight is 340 g/mol. The van der Waals surface area contributed by atoms with Gasteiger partial charge in [0.05, 0.1) is 12.5 Å². The molecule has 3 unspecified atom stereocenters. The van der Waals surface area contributed by atoms with Gasteiger partial charge in [-0.2, -0.15) is 0 Å². The van der Waals surface area contributed by atoms with Gasteiger partial charge in [0, 0.05) is 0 Å². The lowest BCUT2D eigenvalue weighted by Crippen LogP contribution is -2.19. The lowest BCUT2D eigenvalue weighted by Gasteiger charge is -2.26. The van der Waals surface area contributed by atoms with Crippen LogP contribution in [0.5, 0.6) is 5.75 Å². The molecule has 3 rings (SSSR count). The summed E-state index contributed by atoms with van der Waals surface area (Å²) in [5.41, 5.74) is 2.47. The van der Waals surface area contributed by atoms with E-state index >= 15 is 0 Å². The maximum Gasteiger partial charge on any atom is 0.303 e. The molecule has 0 radical (unpaired) electrons. The van der Waals surface area contributed by atoms with Crippen molar-refractivity contribution < 1.29 is 14.6 Å². The third kappa shape index (κ3) is 4.97. The fraction of sp³-hybridized carbons (Fsp3) is 0.500. The summed E-state index contributed by atoms with van der Waals surface area (Å²) in [4.78, 5) is 11.1. The predicted molar refractivity (Wildman–Crippen MR) is 100 cm³/mol. The second kappa shape index (κ2) is 8.37. The summed E-state index contributed by atoms with van der Waals surface area (Å²) in [6.45, 7) is 2.23. The third-order valence-corrected chi connectivity index (χ3v) is 5.25. The van der Waals surface area contributed by atoms with E-state index in [1.807, 2.05) is 6.07 Å². The number of aryl methyl sites for hydroxylation is 1. The summed E-state index contributed by atoms with van der Waals surface area (Å²) in [5.74, 6) is 0.874. The Kier molecular flexibility index (Phi) is 5.95. The van der Waals surface area contributed by atoms with Crippen molar-refractivity contribution >= 4 is 5.97 Å². The Bertz CT molecular complexity index is 659. The largest absolute Gasteiger partial charge is 0.490 e. The van der Waals surface area contributed by atoms with Crippen molar-refractivity contribution in [2.45, 2.75) is 63.9 Å². The number of carboxylic acid groups (broad SMARTS) is 1. The molecule has 0 amide bonds. The van der Waals surface area contributed by atoms with Crippen LogP contribution in [0.1, 0.15) is 62.5 Å². The molecule has 1 N–H and O–H groups in total. The number of fused-ring (bicyclic) bond motifs is 1. The number of hydrogen-bond acceptors (Lipinski definition) is 2. The number of carboxylic acids is 1. The zero-order chi connectivity index (χ0) is 17.6. The fourth-order valence-corrected chi connectivity index (χ4v) is 4.01. The van der Waals surface area contributed by atoms with Crippen molar-refractivity contribution in [3.8, 4) is 5.75 Å². The second-order valence-corrected chi connectivity index (χ2v) is 7.39. The van der Waals surface area contributed by atoms with Crippen LogP contribution in [-0.2, 0) is 11.2 Å². The Hall–Kier alpha value is -2.03.